The summed E-state index contributed by atoms with van der Waals surface area (Å²) in [6.07, 6.45) is -2.20. The van der Waals surface area contributed by atoms with E-state index in [1.165, 1.54) is 13.2 Å². The predicted octanol–water partition coefficient (Wildman–Crippen LogP) is -4.55. The molecule has 0 aromatic carbocycles. The SMILES string of the molecule is C=C[C@H]1[C@H](O[C@H]2O[C@H](CO)[C@@H](O)[C@H](O)[C@H]2O)OC=C(C(=O)OC)[C@H]1C=CC1CC(C(=O)[O-])C[NH+](CCO)C1. The van der Waals surface area contributed by atoms with Crippen molar-refractivity contribution >= 4 is 11.9 Å². The second kappa shape index (κ2) is 13.6. The highest BCUT2D eigenvalue weighted by molar-refractivity contribution is 5.89. The molecule has 0 spiro atoms. The zero-order chi connectivity index (χ0) is 28.0. The minimum Gasteiger partial charge on any atom is -0.550 e. The lowest BCUT2D eigenvalue weighted by atomic mass is 9.81. The van der Waals surface area contributed by atoms with Crippen LogP contribution in [0.25, 0.3) is 0 Å². The highest BCUT2D eigenvalue weighted by atomic mass is 16.8. The topological polar surface area (TPSA) is 200 Å². The van der Waals surface area contributed by atoms with Crippen molar-refractivity contribution in [3.8, 4) is 0 Å². The van der Waals surface area contributed by atoms with Crippen LogP contribution in [0.15, 0.2) is 36.6 Å². The molecule has 0 radical (unpaired) electrons. The average Bonchev–Trinajstić information content (AvgIpc) is 2.91. The summed E-state index contributed by atoms with van der Waals surface area (Å²) >= 11 is 0. The molecule has 11 atom stereocenters. The first-order chi connectivity index (χ1) is 18.1. The Morgan fingerprint density at radius 3 is 2.50 bits per heavy atom. The fourth-order valence-corrected chi connectivity index (χ4v) is 5.21. The molecular weight excluding hydrogens is 506 g/mol. The summed E-state index contributed by atoms with van der Waals surface area (Å²) in [4.78, 5) is 25.0. The number of aliphatic hydroxyl groups is 5. The third-order valence-corrected chi connectivity index (χ3v) is 7.29. The van der Waals surface area contributed by atoms with Crippen LogP contribution in [0.1, 0.15) is 6.42 Å². The third-order valence-electron chi connectivity index (χ3n) is 7.29. The number of carbonyl (C=O) groups is 2. The van der Waals surface area contributed by atoms with Crippen LogP contribution in [0, 0.1) is 23.7 Å². The second-order valence-corrected chi connectivity index (χ2v) is 9.77. The van der Waals surface area contributed by atoms with Gasteiger partial charge in [0, 0.05) is 17.8 Å². The number of carboxylic acid groups (broad SMARTS) is 1. The van der Waals surface area contributed by atoms with Gasteiger partial charge in [0.1, 0.15) is 31.0 Å². The molecule has 13 nitrogen and oxygen atoms in total. The maximum atomic E-state index is 12.5. The number of methoxy groups -OCH3 is 1. The Morgan fingerprint density at radius 2 is 1.89 bits per heavy atom. The number of rotatable bonds is 10. The molecule has 0 aromatic rings. The van der Waals surface area contributed by atoms with Crippen LogP contribution in [0.3, 0.4) is 0 Å². The number of quaternary nitrogens is 1. The molecule has 0 bridgehead atoms. The van der Waals surface area contributed by atoms with Gasteiger partial charge in [-0.15, -0.1) is 6.58 Å². The molecule has 0 aliphatic carbocycles. The molecular formula is C25H37NO12. The molecule has 3 aliphatic heterocycles. The number of carbonyl (C=O) groups excluding carboxylic acids is 2. The summed E-state index contributed by atoms with van der Waals surface area (Å²) in [5.74, 6) is -4.11. The number of piperidine rings is 1. The molecule has 3 aliphatic rings. The van der Waals surface area contributed by atoms with Gasteiger partial charge in [-0.05, 0) is 6.42 Å². The summed E-state index contributed by atoms with van der Waals surface area (Å²) in [6, 6.07) is 0. The smallest absolute Gasteiger partial charge is 0.337 e. The Balaban J connectivity index is 1.84. The first-order valence-electron chi connectivity index (χ1n) is 12.5. The van der Waals surface area contributed by atoms with Crippen molar-refractivity contribution in [2.24, 2.45) is 23.7 Å². The minimum absolute atomic E-state index is 0.0871. The van der Waals surface area contributed by atoms with E-state index in [2.05, 4.69) is 6.58 Å². The second-order valence-electron chi connectivity index (χ2n) is 9.77. The fraction of sp³-hybridized carbons (Fsp3) is 0.680. The Bertz CT molecular complexity index is 892. The number of aliphatic hydroxyl groups excluding tert-OH is 5. The van der Waals surface area contributed by atoms with E-state index in [1.807, 2.05) is 0 Å². The lowest BCUT2D eigenvalue weighted by Crippen LogP contribution is -3.15. The first-order valence-corrected chi connectivity index (χ1v) is 12.5. The average molecular weight is 544 g/mol. The van der Waals surface area contributed by atoms with E-state index in [-0.39, 0.29) is 18.1 Å². The largest absolute Gasteiger partial charge is 0.550 e. The molecule has 0 aromatic heterocycles. The normalized spacial score (nSPS) is 39.7. The summed E-state index contributed by atoms with van der Waals surface area (Å²) in [5.41, 5.74) is 0.147. The number of likely N-dealkylation sites (tertiary alicyclic amines) is 1. The summed E-state index contributed by atoms with van der Waals surface area (Å²) in [6.45, 7) is 4.41. The van der Waals surface area contributed by atoms with Crippen LogP contribution < -0.4 is 10.0 Å². The van der Waals surface area contributed by atoms with Gasteiger partial charge < -0.3 is 59.3 Å². The first kappa shape index (κ1) is 30.2. The van der Waals surface area contributed by atoms with Crippen molar-refractivity contribution in [1.29, 1.82) is 0 Å². The monoisotopic (exact) mass is 543 g/mol. The Kier molecular flexibility index (Phi) is 10.8. The highest BCUT2D eigenvalue weighted by Crippen LogP contribution is 2.36. The van der Waals surface area contributed by atoms with Gasteiger partial charge in [-0.3, -0.25) is 0 Å². The maximum absolute atomic E-state index is 12.5. The van der Waals surface area contributed by atoms with E-state index in [0.717, 1.165) is 11.2 Å². The lowest BCUT2D eigenvalue weighted by molar-refractivity contribution is -0.911. The van der Waals surface area contributed by atoms with Crippen LogP contribution in [0.5, 0.6) is 0 Å². The van der Waals surface area contributed by atoms with Gasteiger partial charge >= 0.3 is 5.97 Å². The number of hydrogen-bond donors (Lipinski definition) is 6. The van der Waals surface area contributed by atoms with E-state index in [0.29, 0.717) is 26.1 Å². The van der Waals surface area contributed by atoms with Crippen LogP contribution >= 0.6 is 0 Å². The number of ether oxygens (including phenoxy) is 4. The minimum atomic E-state index is -1.66. The van der Waals surface area contributed by atoms with Gasteiger partial charge in [-0.25, -0.2) is 4.79 Å². The number of aliphatic carboxylic acids is 1. The van der Waals surface area contributed by atoms with Crippen molar-refractivity contribution in [3.63, 3.8) is 0 Å². The molecule has 0 amide bonds. The molecule has 13 heteroatoms. The molecule has 6 N–H and O–H groups in total. The molecule has 3 unspecified atom stereocenters. The van der Waals surface area contributed by atoms with Gasteiger partial charge in [-0.2, -0.15) is 0 Å². The van der Waals surface area contributed by atoms with E-state index in [4.69, 9.17) is 18.9 Å². The van der Waals surface area contributed by atoms with Crippen LogP contribution in [0.4, 0.5) is 0 Å². The lowest BCUT2D eigenvalue weighted by Gasteiger charge is -2.42. The van der Waals surface area contributed by atoms with Gasteiger partial charge in [0.25, 0.3) is 0 Å². The molecule has 2 saturated heterocycles. The number of carboxylic acids is 1. The number of hydrogen-bond acceptors (Lipinski definition) is 12. The Labute approximate surface area is 220 Å². The molecule has 0 saturated carbocycles. The Morgan fingerprint density at radius 1 is 1.16 bits per heavy atom. The summed E-state index contributed by atoms with van der Waals surface area (Å²) < 4.78 is 21.7. The van der Waals surface area contributed by atoms with Crippen molar-refractivity contribution in [3.05, 3.63) is 36.6 Å². The molecule has 3 heterocycles. The standard InChI is InChI=1S/C25H37NO12/c1-3-15-16(5-4-13-8-14(22(32)33)10-26(9-13)6-7-27)17(23(34)35-2)12-36-24(15)38-25-21(31)20(30)19(29)18(11-28)37-25/h3-5,12-16,18-21,24-25,27-31H,1,6-11H2,2H3,(H,32,33)/t13?,14?,15-,16+,18-,19-,20+,21-,24+,25-/m1/s1. The van der Waals surface area contributed by atoms with Crippen LogP contribution in [-0.2, 0) is 28.5 Å². The number of allylic oxidation sites excluding steroid dienone is 1. The predicted molar refractivity (Wildman–Crippen MR) is 125 cm³/mol. The Hall–Kier alpha value is -2.36. The van der Waals surface area contributed by atoms with E-state index >= 15 is 0 Å². The molecule has 3 rings (SSSR count). The zero-order valence-corrected chi connectivity index (χ0v) is 21.1. The zero-order valence-electron chi connectivity index (χ0n) is 21.1. The molecule has 2 fully saturated rings. The van der Waals surface area contributed by atoms with Gasteiger partial charge in [0.05, 0.1) is 57.1 Å². The molecule has 38 heavy (non-hydrogen) atoms. The van der Waals surface area contributed by atoms with E-state index < -0.39 is 73.3 Å². The number of esters is 1. The summed E-state index contributed by atoms with van der Waals surface area (Å²) in [5, 5.41) is 60.8. The van der Waals surface area contributed by atoms with Gasteiger partial charge in [0.15, 0.2) is 6.29 Å². The van der Waals surface area contributed by atoms with Gasteiger partial charge in [0.2, 0.25) is 6.29 Å². The van der Waals surface area contributed by atoms with Gasteiger partial charge in [-0.1, -0.05) is 18.2 Å². The van der Waals surface area contributed by atoms with Crippen molar-refractivity contribution in [2.75, 3.05) is 40.0 Å². The highest BCUT2D eigenvalue weighted by Gasteiger charge is 2.47. The van der Waals surface area contributed by atoms with E-state index in [9.17, 15) is 40.2 Å². The summed E-state index contributed by atoms with van der Waals surface area (Å²) in [7, 11) is 1.21. The quantitative estimate of drug-likeness (QED) is 0.114. The van der Waals surface area contributed by atoms with Crippen molar-refractivity contribution in [1.82, 2.24) is 0 Å². The maximum Gasteiger partial charge on any atom is 0.337 e. The number of nitrogens with one attached hydrogen (secondary N) is 1. The van der Waals surface area contributed by atoms with Crippen molar-refractivity contribution < 1.29 is 64.1 Å². The van der Waals surface area contributed by atoms with Crippen LogP contribution in [-0.4, -0.2) is 114 Å². The van der Waals surface area contributed by atoms with Crippen molar-refractivity contribution in [2.45, 2.75) is 43.4 Å². The fourth-order valence-electron chi connectivity index (χ4n) is 5.21. The molecule has 214 valence electrons. The van der Waals surface area contributed by atoms with Crippen LogP contribution in [0.2, 0.25) is 0 Å². The third kappa shape index (κ3) is 6.79. The van der Waals surface area contributed by atoms with E-state index in [1.54, 1.807) is 12.2 Å².